The van der Waals surface area contributed by atoms with Crippen LogP contribution in [-0.2, 0) is 10.0 Å². The van der Waals surface area contributed by atoms with Crippen molar-refractivity contribution in [2.75, 3.05) is 18.5 Å². The number of hydrogen-bond donors (Lipinski definition) is 0. The molecule has 12 heteroatoms. The van der Waals surface area contributed by atoms with Crippen molar-refractivity contribution in [2.24, 2.45) is 0 Å². The molecule has 0 aliphatic heterocycles. The van der Waals surface area contributed by atoms with Crippen molar-refractivity contribution in [1.29, 1.82) is 0 Å². The van der Waals surface area contributed by atoms with E-state index in [1.807, 2.05) is 0 Å². The molecule has 7 nitrogen and oxygen atoms in total. The number of anilines is 1. The summed E-state index contributed by atoms with van der Waals surface area (Å²) in [6.07, 6.45) is 0. The minimum absolute atomic E-state index is 0.00881. The van der Waals surface area contributed by atoms with Crippen LogP contribution in [0, 0.1) is 0 Å². The first kappa shape index (κ1) is 20.3. The van der Waals surface area contributed by atoms with E-state index in [1.54, 1.807) is 0 Å². The predicted octanol–water partition coefficient (Wildman–Crippen LogP) is 3.01. The molecule has 0 saturated carbocycles. The second-order valence-corrected chi connectivity index (χ2v) is 7.52. The molecular weight excluding hydrogens is 415 g/mol. The van der Waals surface area contributed by atoms with Gasteiger partial charge in [0, 0.05) is 13.1 Å². The zero-order chi connectivity index (χ0) is 19.6. The number of aromatic nitrogens is 2. The monoisotopic (exact) mass is 425 g/mol. The Labute approximate surface area is 157 Å². The molecule has 0 spiro atoms. The third kappa shape index (κ3) is 3.87. The van der Waals surface area contributed by atoms with Crippen molar-refractivity contribution >= 4 is 44.7 Å². The quantitative estimate of drug-likeness (QED) is 0.521. The molecule has 0 atom stereocenters. The van der Waals surface area contributed by atoms with E-state index in [0.29, 0.717) is 0 Å². The van der Waals surface area contributed by atoms with E-state index >= 15 is 0 Å². The van der Waals surface area contributed by atoms with Gasteiger partial charge in [0.05, 0.1) is 23.4 Å². The molecule has 1 aromatic heterocycles. The van der Waals surface area contributed by atoms with Crippen LogP contribution in [0.5, 0.6) is 5.88 Å². The topological polar surface area (TPSA) is 89.5 Å². The van der Waals surface area contributed by atoms with E-state index in [4.69, 9.17) is 27.9 Å². The van der Waals surface area contributed by atoms with Crippen molar-refractivity contribution in [3.63, 3.8) is 0 Å². The van der Waals surface area contributed by atoms with Crippen LogP contribution >= 0.6 is 23.2 Å². The van der Waals surface area contributed by atoms with Crippen LogP contribution in [0.1, 0.15) is 16.2 Å². The number of benzene rings is 1. The largest absolute Gasteiger partial charge is 0.481 e. The summed E-state index contributed by atoms with van der Waals surface area (Å²) in [4.78, 5) is 20.3. The zero-order valence-electron chi connectivity index (χ0n) is 13.3. The van der Waals surface area contributed by atoms with E-state index in [0.717, 1.165) is 7.05 Å². The Hall–Kier alpha value is -2.04. The van der Waals surface area contributed by atoms with Crippen LogP contribution in [0.3, 0.4) is 0 Å². The van der Waals surface area contributed by atoms with Crippen molar-refractivity contribution in [3.8, 4) is 5.88 Å². The molecule has 0 radical (unpaired) electrons. The van der Waals surface area contributed by atoms with Crippen molar-refractivity contribution in [2.45, 2.75) is 5.76 Å². The number of ether oxygens (including phenoxy) is 1. The first-order chi connectivity index (χ1) is 12.1. The smallest absolute Gasteiger partial charge is 0.355 e. The van der Waals surface area contributed by atoms with Gasteiger partial charge in [-0.25, -0.2) is 13.4 Å². The number of ketones is 1. The molecule has 140 valence electrons. The molecule has 0 amide bonds. The highest BCUT2D eigenvalue weighted by Crippen LogP contribution is 2.33. The van der Waals surface area contributed by atoms with Gasteiger partial charge in [0.25, 0.3) is 10.0 Å². The standard InChI is InChI=1S/C14H11Cl2F2N3O4S/c1-21(26(23,24)14(17)18)11-7(4-3-5-8(11)15)12(22)13-19-9(16)6-10(20-13)25-2/h3-6,14H,1-2H3. The predicted molar refractivity (Wildman–Crippen MR) is 91.8 cm³/mol. The number of carbonyl (C=O) groups excluding carboxylic acids is 1. The minimum atomic E-state index is -5.04. The first-order valence-corrected chi connectivity index (χ1v) is 9.03. The molecular formula is C14H11Cl2F2N3O4S. The maximum atomic E-state index is 12.9. The van der Waals surface area contributed by atoms with Crippen LogP contribution in [0.15, 0.2) is 24.3 Å². The Kier molecular flexibility index (Phi) is 5.99. The Morgan fingerprint density at radius 3 is 2.50 bits per heavy atom. The molecule has 0 bridgehead atoms. The summed E-state index contributed by atoms with van der Waals surface area (Å²) in [5.41, 5.74) is -0.726. The van der Waals surface area contributed by atoms with Crippen LogP contribution in [-0.4, -0.2) is 44.1 Å². The number of rotatable bonds is 6. The van der Waals surface area contributed by atoms with Gasteiger partial charge in [-0.1, -0.05) is 29.3 Å². The number of methoxy groups -OCH3 is 1. The fourth-order valence-electron chi connectivity index (χ4n) is 1.99. The second kappa shape index (κ2) is 7.68. The number of hydrogen-bond acceptors (Lipinski definition) is 6. The highest BCUT2D eigenvalue weighted by molar-refractivity contribution is 7.93. The average Bonchev–Trinajstić information content (AvgIpc) is 2.59. The first-order valence-electron chi connectivity index (χ1n) is 6.77. The average molecular weight is 426 g/mol. The summed E-state index contributed by atoms with van der Waals surface area (Å²) in [6.45, 7) is 0. The Balaban J connectivity index is 2.63. The molecule has 0 N–H and O–H groups in total. The molecule has 2 aromatic rings. The van der Waals surface area contributed by atoms with Gasteiger partial charge in [-0.05, 0) is 12.1 Å². The molecule has 0 fully saturated rings. The van der Waals surface area contributed by atoms with Crippen LogP contribution < -0.4 is 9.04 Å². The van der Waals surface area contributed by atoms with Gasteiger partial charge in [0.2, 0.25) is 17.5 Å². The van der Waals surface area contributed by atoms with Gasteiger partial charge in [-0.15, -0.1) is 0 Å². The van der Waals surface area contributed by atoms with Crippen molar-refractivity contribution < 1.29 is 26.7 Å². The van der Waals surface area contributed by atoms with Crippen molar-refractivity contribution in [1.82, 2.24) is 9.97 Å². The number of carbonyl (C=O) groups is 1. The molecule has 0 saturated heterocycles. The van der Waals surface area contributed by atoms with Crippen LogP contribution in [0.2, 0.25) is 10.2 Å². The maximum Gasteiger partial charge on any atom is 0.355 e. The fraction of sp³-hybridized carbons (Fsp3) is 0.214. The molecule has 0 aliphatic carbocycles. The van der Waals surface area contributed by atoms with Gasteiger partial charge < -0.3 is 4.74 Å². The maximum absolute atomic E-state index is 12.9. The number of alkyl halides is 2. The number of para-hydroxylation sites is 1. The molecule has 1 aromatic carbocycles. The lowest BCUT2D eigenvalue weighted by Gasteiger charge is -2.22. The van der Waals surface area contributed by atoms with E-state index < -0.39 is 33.1 Å². The zero-order valence-corrected chi connectivity index (χ0v) is 15.6. The van der Waals surface area contributed by atoms with Gasteiger partial charge in [-0.3, -0.25) is 9.10 Å². The van der Waals surface area contributed by atoms with E-state index in [-0.39, 0.29) is 25.9 Å². The third-order valence-corrected chi connectivity index (χ3v) is 5.13. The highest BCUT2D eigenvalue weighted by Gasteiger charge is 2.33. The van der Waals surface area contributed by atoms with E-state index in [2.05, 4.69) is 9.97 Å². The third-order valence-electron chi connectivity index (χ3n) is 3.24. The second-order valence-electron chi connectivity index (χ2n) is 4.79. The summed E-state index contributed by atoms with van der Waals surface area (Å²) in [7, 11) is -2.89. The lowest BCUT2D eigenvalue weighted by molar-refractivity contribution is 0.102. The number of sulfonamides is 1. The van der Waals surface area contributed by atoms with Gasteiger partial charge in [-0.2, -0.15) is 13.8 Å². The summed E-state index contributed by atoms with van der Waals surface area (Å²) in [5, 5.41) is -0.325. The lowest BCUT2D eigenvalue weighted by atomic mass is 10.1. The number of halogens is 4. The summed E-state index contributed by atoms with van der Waals surface area (Å²) < 4.78 is 54.4. The van der Waals surface area contributed by atoms with Gasteiger partial charge >= 0.3 is 5.76 Å². The van der Waals surface area contributed by atoms with Crippen LogP contribution in [0.4, 0.5) is 14.5 Å². The van der Waals surface area contributed by atoms with Crippen LogP contribution in [0.25, 0.3) is 0 Å². The van der Waals surface area contributed by atoms with Gasteiger partial charge in [0.1, 0.15) is 5.15 Å². The minimum Gasteiger partial charge on any atom is -0.481 e. The SMILES string of the molecule is COc1cc(Cl)nc(C(=O)c2cccc(Cl)c2N(C)S(=O)(=O)C(F)F)n1. The Morgan fingerprint density at radius 1 is 1.27 bits per heavy atom. The molecule has 0 unspecified atom stereocenters. The Morgan fingerprint density at radius 2 is 1.92 bits per heavy atom. The lowest BCUT2D eigenvalue weighted by Crippen LogP contribution is -2.33. The number of nitrogens with zero attached hydrogens (tertiary/aromatic N) is 3. The highest BCUT2D eigenvalue weighted by atomic mass is 35.5. The molecule has 2 rings (SSSR count). The molecule has 26 heavy (non-hydrogen) atoms. The van der Waals surface area contributed by atoms with E-state index in [1.165, 1.54) is 31.4 Å². The van der Waals surface area contributed by atoms with E-state index in [9.17, 15) is 22.0 Å². The van der Waals surface area contributed by atoms with Gasteiger partial charge in [0.15, 0.2) is 0 Å². The normalized spacial score (nSPS) is 11.5. The summed E-state index contributed by atoms with van der Waals surface area (Å²) in [5.74, 6) is -5.00. The summed E-state index contributed by atoms with van der Waals surface area (Å²) >= 11 is 11.8. The molecule has 0 aliphatic rings. The fourth-order valence-corrected chi connectivity index (χ4v) is 3.20. The van der Waals surface area contributed by atoms with Crippen molar-refractivity contribution in [3.05, 3.63) is 45.8 Å². The summed E-state index contributed by atoms with van der Waals surface area (Å²) in [6, 6.07) is 5.07. The molecule has 1 heterocycles. The Bertz CT molecular complexity index is 957.